The zero-order valence-electron chi connectivity index (χ0n) is 9.47. The first-order chi connectivity index (χ1) is 7.86. The molecule has 2 heterocycles. The van der Waals surface area contributed by atoms with E-state index in [4.69, 9.17) is 0 Å². The molecule has 16 heavy (non-hydrogen) atoms. The largest absolute Gasteiger partial charge is 0.307 e. The first-order valence-electron chi connectivity index (χ1n) is 5.36. The Labute approximate surface area is 99.6 Å². The summed E-state index contributed by atoms with van der Waals surface area (Å²) in [5.74, 6) is 0. The van der Waals surface area contributed by atoms with Gasteiger partial charge in [-0.2, -0.15) is 0 Å². The van der Waals surface area contributed by atoms with Gasteiger partial charge in [0.1, 0.15) is 0 Å². The van der Waals surface area contributed by atoms with E-state index in [-0.39, 0.29) is 6.04 Å². The quantitative estimate of drug-likeness (QED) is 0.881. The summed E-state index contributed by atoms with van der Waals surface area (Å²) in [5.41, 5.74) is 2.36. The normalized spacial score (nSPS) is 12.6. The fourth-order valence-corrected chi connectivity index (χ4v) is 2.88. The molecule has 2 rings (SSSR count). The summed E-state index contributed by atoms with van der Waals surface area (Å²) in [4.78, 5) is 9.82. The molecule has 4 heteroatoms. The van der Waals surface area contributed by atoms with Crippen LogP contribution in [0.2, 0.25) is 0 Å². The van der Waals surface area contributed by atoms with E-state index in [0.29, 0.717) is 0 Å². The van der Waals surface area contributed by atoms with Crippen LogP contribution in [0.5, 0.6) is 0 Å². The molecule has 0 aliphatic carbocycles. The van der Waals surface area contributed by atoms with E-state index in [9.17, 15) is 0 Å². The van der Waals surface area contributed by atoms with Crippen molar-refractivity contribution in [2.24, 2.45) is 0 Å². The minimum Gasteiger partial charge on any atom is -0.307 e. The van der Waals surface area contributed by atoms with E-state index >= 15 is 0 Å². The van der Waals surface area contributed by atoms with Crippen molar-refractivity contribution in [1.82, 2.24) is 15.3 Å². The van der Waals surface area contributed by atoms with Crippen molar-refractivity contribution < 1.29 is 0 Å². The van der Waals surface area contributed by atoms with Crippen LogP contribution in [0.3, 0.4) is 0 Å². The van der Waals surface area contributed by atoms with E-state index < -0.39 is 0 Å². The van der Waals surface area contributed by atoms with Gasteiger partial charge in [0.2, 0.25) is 0 Å². The molecule has 0 saturated heterocycles. The standard InChI is InChI=1S/C12H15N3S/c1-3-9-4-7-16-12(9)11(13-2)10-8-14-5-6-15-10/h4-8,11,13H,3H2,1-2H3. The number of rotatable bonds is 4. The maximum atomic E-state index is 4.36. The Morgan fingerprint density at radius 2 is 2.31 bits per heavy atom. The highest BCUT2D eigenvalue weighted by atomic mass is 32.1. The molecule has 0 radical (unpaired) electrons. The summed E-state index contributed by atoms with van der Waals surface area (Å²) in [6.07, 6.45) is 6.31. The fourth-order valence-electron chi connectivity index (χ4n) is 1.77. The van der Waals surface area contributed by atoms with Gasteiger partial charge in [-0.05, 0) is 30.5 Å². The molecule has 0 aliphatic rings. The van der Waals surface area contributed by atoms with Gasteiger partial charge in [0.25, 0.3) is 0 Å². The van der Waals surface area contributed by atoms with Crippen LogP contribution >= 0.6 is 11.3 Å². The molecule has 0 amide bonds. The molecule has 84 valence electrons. The number of thiophene rings is 1. The summed E-state index contributed by atoms with van der Waals surface area (Å²) < 4.78 is 0. The molecule has 0 aliphatic heterocycles. The lowest BCUT2D eigenvalue weighted by atomic mass is 10.1. The number of hydrogen-bond acceptors (Lipinski definition) is 4. The van der Waals surface area contributed by atoms with Crippen molar-refractivity contribution in [2.75, 3.05) is 7.05 Å². The van der Waals surface area contributed by atoms with Crippen LogP contribution < -0.4 is 5.32 Å². The molecular formula is C12H15N3S. The highest BCUT2D eigenvalue weighted by Crippen LogP contribution is 2.28. The van der Waals surface area contributed by atoms with Crippen molar-refractivity contribution >= 4 is 11.3 Å². The van der Waals surface area contributed by atoms with Gasteiger partial charge in [-0.25, -0.2) is 0 Å². The number of nitrogens with zero attached hydrogens (tertiary/aromatic N) is 2. The average molecular weight is 233 g/mol. The minimum absolute atomic E-state index is 0.156. The van der Waals surface area contributed by atoms with Crippen molar-refractivity contribution in [3.63, 3.8) is 0 Å². The van der Waals surface area contributed by atoms with E-state index in [1.165, 1.54) is 10.4 Å². The Hall–Kier alpha value is -1.26. The van der Waals surface area contributed by atoms with Crippen LogP contribution in [0.25, 0.3) is 0 Å². The number of aryl methyl sites for hydroxylation is 1. The second-order valence-corrected chi connectivity index (χ2v) is 4.46. The summed E-state index contributed by atoms with van der Waals surface area (Å²) in [6, 6.07) is 2.34. The number of aromatic nitrogens is 2. The first-order valence-corrected chi connectivity index (χ1v) is 6.24. The summed E-state index contributed by atoms with van der Waals surface area (Å²) in [5, 5.41) is 5.44. The third-order valence-electron chi connectivity index (χ3n) is 2.59. The van der Waals surface area contributed by atoms with Gasteiger partial charge in [0.05, 0.1) is 17.9 Å². The molecule has 1 unspecified atom stereocenters. The number of hydrogen-bond donors (Lipinski definition) is 1. The first kappa shape index (κ1) is 11.2. The smallest absolute Gasteiger partial charge is 0.0861 e. The zero-order valence-corrected chi connectivity index (χ0v) is 10.3. The maximum absolute atomic E-state index is 4.36. The SMILES string of the molecule is CCc1ccsc1C(NC)c1cnccn1. The molecule has 1 N–H and O–H groups in total. The van der Waals surface area contributed by atoms with E-state index in [1.807, 2.05) is 13.2 Å². The van der Waals surface area contributed by atoms with Crippen molar-refractivity contribution in [3.8, 4) is 0 Å². The third-order valence-corrected chi connectivity index (χ3v) is 3.62. The fraction of sp³-hybridized carbons (Fsp3) is 0.333. The zero-order chi connectivity index (χ0) is 11.4. The van der Waals surface area contributed by atoms with E-state index in [2.05, 4.69) is 33.7 Å². The molecule has 0 fully saturated rings. The van der Waals surface area contributed by atoms with Gasteiger partial charge in [-0.1, -0.05) is 6.92 Å². The second kappa shape index (κ2) is 5.18. The van der Waals surface area contributed by atoms with Crippen molar-refractivity contribution in [3.05, 3.63) is 46.2 Å². The monoisotopic (exact) mass is 233 g/mol. The van der Waals surface area contributed by atoms with Crippen LogP contribution in [0.4, 0.5) is 0 Å². The van der Waals surface area contributed by atoms with Crippen molar-refractivity contribution in [1.29, 1.82) is 0 Å². The Morgan fingerprint density at radius 3 is 2.94 bits per heavy atom. The summed E-state index contributed by atoms with van der Waals surface area (Å²) in [6.45, 7) is 2.18. The highest BCUT2D eigenvalue weighted by molar-refractivity contribution is 7.10. The van der Waals surface area contributed by atoms with Crippen LogP contribution in [0.1, 0.15) is 29.1 Å². The third kappa shape index (κ3) is 2.13. The minimum atomic E-state index is 0.156. The second-order valence-electron chi connectivity index (χ2n) is 3.52. The van der Waals surface area contributed by atoms with Crippen molar-refractivity contribution in [2.45, 2.75) is 19.4 Å². The Bertz CT molecular complexity index is 439. The average Bonchev–Trinajstić information content (AvgIpc) is 2.80. The van der Waals surface area contributed by atoms with E-state index in [1.54, 1.807) is 23.7 Å². The molecular weight excluding hydrogens is 218 g/mol. The molecule has 0 spiro atoms. The van der Waals surface area contributed by atoms with Gasteiger partial charge in [0.15, 0.2) is 0 Å². The van der Waals surface area contributed by atoms with Crippen LogP contribution in [-0.2, 0) is 6.42 Å². The summed E-state index contributed by atoms with van der Waals surface area (Å²) in [7, 11) is 1.96. The highest BCUT2D eigenvalue weighted by Gasteiger charge is 2.17. The van der Waals surface area contributed by atoms with Crippen LogP contribution in [0.15, 0.2) is 30.0 Å². The Balaban J connectivity index is 2.37. The maximum Gasteiger partial charge on any atom is 0.0861 e. The molecule has 3 nitrogen and oxygen atoms in total. The molecule has 1 atom stereocenters. The number of nitrogens with one attached hydrogen (secondary N) is 1. The Kier molecular flexibility index (Phi) is 3.64. The molecule has 0 saturated carbocycles. The molecule has 2 aromatic heterocycles. The van der Waals surface area contributed by atoms with Gasteiger partial charge in [0, 0.05) is 17.3 Å². The summed E-state index contributed by atoms with van der Waals surface area (Å²) >= 11 is 1.77. The lowest BCUT2D eigenvalue weighted by molar-refractivity contribution is 0.672. The molecule has 0 bridgehead atoms. The van der Waals surface area contributed by atoms with Gasteiger partial charge >= 0.3 is 0 Å². The predicted molar refractivity (Wildman–Crippen MR) is 66.6 cm³/mol. The van der Waals surface area contributed by atoms with E-state index in [0.717, 1.165) is 12.1 Å². The van der Waals surface area contributed by atoms with Crippen LogP contribution in [-0.4, -0.2) is 17.0 Å². The van der Waals surface area contributed by atoms with Gasteiger partial charge < -0.3 is 5.32 Å². The predicted octanol–water partition coefficient (Wildman–Crippen LogP) is 2.41. The lowest BCUT2D eigenvalue weighted by Crippen LogP contribution is -2.19. The van der Waals surface area contributed by atoms with Gasteiger partial charge in [-0.15, -0.1) is 11.3 Å². The Morgan fingerprint density at radius 1 is 1.44 bits per heavy atom. The topological polar surface area (TPSA) is 37.8 Å². The lowest BCUT2D eigenvalue weighted by Gasteiger charge is -2.15. The molecule has 0 aromatic carbocycles. The molecule has 2 aromatic rings. The van der Waals surface area contributed by atoms with Gasteiger partial charge in [-0.3, -0.25) is 9.97 Å². The van der Waals surface area contributed by atoms with Crippen LogP contribution in [0, 0.1) is 0 Å².